The molecule has 0 aliphatic carbocycles. The molecule has 1 aliphatic rings. The lowest BCUT2D eigenvalue weighted by Crippen LogP contribution is -2.19. The number of hydrogen-bond acceptors (Lipinski definition) is 4. The fourth-order valence-electron chi connectivity index (χ4n) is 2.69. The van der Waals surface area contributed by atoms with Crippen LogP contribution in [0, 0.1) is 5.92 Å². The van der Waals surface area contributed by atoms with Crippen LogP contribution in [0.1, 0.15) is 18.0 Å². The van der Waals surface area contributed by atoms with Crippen LogP contribution in [0.5, 0.6) is 11.5 Å². The minimum absolute atomic E-state index is 0.258. The maximum Gasteiger partial charge on any atom is 0.161 e. The van der Waals surface area contributed by atoms with Crippen molar-refractivity contribution in [2.45, 2.75) is 12.5 Å². The quantitative estimate of drug-likeness (QED) is 0.884. The Bertz CT molecular complexity index is 408. The van der Waals surface area contributed by atoms with Crippen molar-refractivity contribution >= 4 is 0 Å². The highest BCUT2D eigenvalue weighted by Crippen LogP contribution is 2.37. The fraction of sp³-hybridized carbons (Fsp3) is 0.571. The molecule has 1 aromatic carbocycles. The van der Waals surface area contributed by atoms with Gasteiger partial charge in [0, 0.05) is 19.2 Å². The Morgan fingerprint density at radius 1 is 1.28 bits per heavy atom. The molecule has 0 bridgehead atoms. The maximum atomic E-state index is 9.26. The summed E-state index contributed by atoms with van der Waals surface area (Å²) in [6.07, 6.45) is 0.989. The first-order valence-corrected chi connectivity index (χ1v) is 6.22. The highest BCUT2D eigenvalue weighted by molar-refractivity contribution is 5.44. The molecule has 0 saturated carbocycles. The Hall–Kier alpha value is -1.26. The number of methoxy groups -OCH3 is 2. The Kier molecular flexibility index (Phi) is 4.09. The van der Waals surface area contributed by atoms with Crippen LogP contribution in [0.25, 0.3) is 0 Å². The van der Waals surface area contributed by atoms with Gasteiger partial charge in [-0.05, 0) is 37.1 Å². The largest absolute Gasteiger partial charge is 0.493 e. The molecule has 2 atom stereocenters. The van der Waals surface area contributed by atoms with Gasteiger partial charge in [-0.3, -0.25) is 4.90 Å². The van der Waals surface area contributed by atoms with Gasteiger partial charge in [-0.1, -0.05) is 6.07 Å². The number of ether oxygens (including phenoxy) is 2. The lowest BCUT2D eigenvalue weighted by atomic mass is 10.00. The van der Waals surface area contributed by atoms with Crippen LogP contribution in [0.3, 0.4) is 0 Å². The van der Waals surface area contributed by atoms with Crippen molar-refractivity contribution in [3.63, 3.8) is 0 Å². The van der Waals surface area contributed by atoms with E-state index < -0.39 is 0 Å². The molecule has 0 amide bonds. The first kappa shape index (κ1) is 13.2. The molecule has 100 valence electrons. The van der Waals surface area contributed by atoms with Gasteiger partial charge in [0.2, 0.25) is 0 Å². The van der Waals surface area contributed by atoms with Crippen LogP contribution in [-0.2, 0) is 0 Å². The van der Waals surface area contributed by atoms with Crippen LogP contribution in [-0.4, -0.2) is 44.4 Å². The highest BCUT2D eigenvalue weighted by atomic mass is 16.5. The summed E-state index contributed by atoms with van der Waals surface area (Å²) in [6, 6.07) is 6.39. The van der Waals surface area contributed by atoms with Gasteiger partial charge >= 0.3 is 0 Å². The first-order valence-electron chi connectivity index (χ1n) is 6.22. The van der Waals surface area contributed by atoms with Gasteiger partial charge in [0.05, 0.1) is 14.2 Å². The summed E-state index contributed by atoms with van der Waals surface area (Å²) in [5.41, 5.74) is 1.21. The minimum Gasteiger partial charge on any atom is -0.493 e. The second kappa shape index (κ2) is 5.59. The van der Waals surface area contributed by atoms with Crippen LogP contribution >= 0.6 is 0 Å². The second-order valence-corrected chi connectivity index (χ2v) is 4.85. The fourth-order valence-corrected chi connectivity index (χ4v) is 2.69. The summed E-state index contributed by atoms with van der Waals surface area (Å²) in [6.45, 7) is 1.20. The molecular formula is C14H21NO3. The number of rotatable bonds is 4. The molecule has 4 heteroatoms. The van der Waals surface area contributed by atoms with E-state index in [4.69, 9.17) is 9.47 Å². The molecule has 0 spiro atoms. The molecule has 1 aromatic rings. The van der Waals surface area contributed by atoms with E-state index in [9.17, 15) is 5.11 Å². The van der Waals surface area contributed by atoms with Gasteiger partial charge in [0.15, 0.2) is 11.5 Å². The van der Waals surface area contributed by atoms with Crippen LogP contribution in [0.15, 0.2) is 18.2 Å². The van der Waals surface area contributed by atoms with Gasteiger partial charge in [0.25, 0.3) is 0 Å². The molecule has 1 saturated heterocycles. The third-order valence-corrected chi connectivity index (χ3v) is 3.69. The van der Waals surface area contributed by atoms with Crippen molar-refractivity contribution in [1.29, 1.82) is 0 Å². The van der Waals surface area contributed by atoms with Gasteiger partial charge in [-0.15, -0.1) is 0 Å². The number of hydrogen-bond donors (Lipinski definition) is 1. The zero-order valence-corrected chi connectivity index (χ0v) is 11.2. The predicted octanol–water partition coefficient (Wildman–Crippen LogP) is 1.69. The molecule has 1 aliphatic heterocycles. The number of aliphatic hydroxyl groups is 1. The van der Waals surface area contributed by atoms with Gasteiger partial charge in [0.1, 0.15) is 0 Å². The van der Waals surface area contributed by atoms with E-state index in [2.05, 4.69) is 18.0 Å². The average molecular weight is 251 g/mol. The van der Waals surface area contributed by atoms with Gasteiger partial charge in [-0.2, -0.15) is 0 Å². The topological polar surface area (TPSA) is 41.9 Å². The van der Waals surface area contributed by atoms with Crippen molar-refractivity contribution in [3.8, 4) is 11.5 Å². The lowest BCUT2D eigenvalue weighted by molar-refractivity contribution is 0.227. The molecule has 0 unspecified atom stereocenters. The summed E-state index contributed by atoms with van der Waals surface area (Å²) in [5.74, 6) is 1.88. The van der Waals surface area contributed by atoms with Crippen molar-refractivity contribution in [2.75, 3.05) is 34.4 Å². The zero-order valence-electron chi connectivity index (χ0n) is 11.2. The molecule has 1 fully saturated rings. The molecule has 4 nitrogen and oxygen atoms in total. The standard InChI is InChI=1S/C14H21NO3/c1-15-8-10(9-16)6-12(15)11-4-5-13(17-2)14(7-11)18-3/h4-5,7,10,12,16H,6,8-9H2,1-3H3/t10-,12-/m1/s1. The summed E-state index contributed by atoms with van der Waals surface area (Å²) < 4.78 is 10.6. The van der Waals surface area contributed by atoms with Crippen LogP contribution < -0.4 is 9.47 Å². The Balaban J connectivity index is 2.23. The van der Waals surface area contributed by atoms with Crippen LogP contribution in [0.4, 0.5) is 0 Å². The minimum atomic E-state index is 0.258. The molecule has 18 heavy (non-hydrogen) atoms. The van der Waals surface area contributed by atoms with E-state index in [1.165, 1.54) is 5.56 Å². The Morgan fingerprint density at radius 2 is 2.00 bits per heavy atom. The van der Waals surface area contributed by atoms with Gasteiger partial charge in [-0.25, -0.2) is 0 Å². The third-order valence-electron chi connectivity index (χ3n) is 3.69. The van der Waals surface area contributed by atoms with Crippen molar-refractivity contribution in [1.82, 2.24) is 4.90 Å². The summed E-state index contributed by atoms with van der Waals surface area (Å²) in [7, 11) is 5.38. The van der Waals surface area contributed by atoms with E-state index in [1.807, 2.05) is 12.1 Å². The number of nitrogens with zero attached hydrogens (tertiary/aromatic N) is 1. The Labute approximate surface area is 108 Å². The lowest BCUT2D eigenvalue weighted by Gasteiger charge is -2.20. The molecule has 1 N–H and O–H groups in total. The van der Waals surface area contributed by atoms with E-state index in [0.29, 0.717) is 12.0 Å². The van der Waals surface area contributed by atoms with Crippen molar-refractivity contribution in [3.05, 3.63) is 23.8 Å². The Morgan fingerprint density at radius 3 is 2.56 bits per heavy atom. The van der Waals surface area contributed by atoms with E-state index in [0.717, 1.165) is 24.5 Å². The SMILES string of the molecule is COc1ccc([C@H]2C[C@@H](CO)CN2C)cc1OC. The van der Waals surface area contributed by atoms with Crippen molar-refractivity contribution < 1.29 is 14.6 Å². The summed E-state index contributed by atoms with van der Waals surface area (Å²) in [5, 5.41) is 9.26. The van der Waals surface area contributed by atoms with Gasteiger partial charge < -0.3 is 14.6 Å². The number of benzene rings is 1. The number of aliphatic hydroxyl groups excluding tert-OH is 1. The molecule has 0 aromatic heterocycles. The zero-order chi connectivity index (χ0) is 13.1. The average Bonchev–Trinajstić information content (AvgIpc) is 2.79. The molecule has 1 heterocycles. The molecule has 0 radical (unpaired) electrons. The predicted molar refractivity (Wildman–Crippen MR) is 70.1 cm³/mol. The normalized spacial score (nSPS) is 24.2. The first-order chi connectivity index (χ1) is 8.69. The summed E-state index contributed by atoms with van der Waals surface area (Å²) >= 11 is 0. The smallest absolute Gasteiger partial charge is 0.161 e. The summed E-state index contributed by atoms with van der Waals surface area (Å²) in [4.78, 5) is 2.28. The highest BCUT2D eigenvalue weighted by Gasteiger charge is 2.30. The van der Waals surface area contributed by atoms with Crippen LogP contribution in [0.2, 0.25) is 0 Å². The maximum absolute atomic E-state index is 9.26. The molecular weight excluding hydrogens is 230 g/mol. The monoisotopic (exact) mass is 251 g/mol. The van der Waals surface area contributed by atoms with E-state index >= 15 is 0 Å². The second-order valence-electron chi connectivity index (χ2n) is 4.85. The van der Waals surface area contributed by atoms with Crippen molar-refractivity contribution in [2.24, 2.45) is 5.92 Å². The van der Waals surface area contributed by atoms with E-state index in [-0.39, 0.29) is 6.61 Å². The molecule has 2 rings (SSSR count). The number of likely N-dealkylation sites (tertiary alicyclic amines) is 1. The van der Waals surface area contributed by atoms with E-state index in [1.54, 1.807) is 14.2 Å². The third kappa shape index (κ3) is 2.44.